The summed E-state index contributed by atoms with van der Waals surface area (Å²) in [7, 11) is 0. The van der Waals surface area contributed by atoms with Crippen LogP contribution in [0.3, 0.4) is 0 Å². The van der Waals surface area contributed by atoms with E-state index in [1.165, 1.54) is 28.0 Å². The number of rotatable bonds is 4. The van der Waals surface area contributed by atoms with E-state index in [4.69, 9.17) is 0 Å². The molecule has 0 spiro atoms. The minimum absolute atomic E-state index is 0.108. The van der Waals surface area contributed by atoms with Crippen LogP contribution in [0.25, 0.3) is 0 Å². The number of amides is 1. The van der Waals surface area contributed by atoms with E-state index in [0.717, 1.165) is 29.2 Å². The Morgan fingerprint density at radius 1 is 1.64 bits per heavy atom. The second kappa shape index (κ2) is 6.77. The highest BCUT2D eigenvalue weighted by molar-refractivity contribution is 8.01. The van der Waals surface area contributed by atoms with E-state index in [1.807, 2.05) is 0 Å². The molecule has 8 heteroatoms. The molecule has 1 N–H and O–H groups in total. The molecule has 1 aliphatic rings. The largest absolute Gasteiger partial charge is 0.316 e. The van der Waals surface area contributed by atoms with Crippen molar-refractivity contribution in [1.82, 2.24) is 10.2 Å². The summed E-state index contributed by atoms with van der Waals surface area (Å²) >= 11 is 4.32. The Labute approximate surface area is 140 Å². The molecule has 0 saturated carbocycles. The van der Waals surface area contributed by atoms with Crippen molar-refractivity contribution in [2.45, 2.75) is 30.5 Å². The lowest BCUT2D eigenvalue weighted by atomic mass is 9.89. The van der Waals surface area contributed by atoms with E-state index in [2.05, 4.69) is 28.5 Å². The highest BCUT2D eigenvalue weighted by atomic mass is 32.2. The Kier molecular flexibility index (Phi) is 4.76. The van der Waals surface area contributed by atoms with E-state index in [1.54, 1.807) is 16.8 Å². The second-order valence-corrected chi connectivity index (χ2v) is 8.37. The van der Waals surface area contributed by atoms with Crippen molar-refractivity contribution in [3.8, 4) is 6.07 Å². The summed E-state index contributed by atoms with van der Waals surface area (Å²) in [6.45, 7) is 2.23. The van der Waals surface area contributed by atoms with Gasteiger partial charge in [0.2, 0.25) is 5.91 Å². The molecule has 1 amide bonds. The van der Waals surface area contributed by atoms with Crippen LogP contribution in [-0.4, -0.2) is 21.9 Å². The zero-order valence-corrected chi connectivity index (χ0v) is 14.4. The van der Waals surface area contributed by atoms with E-state index < -0.39 is 0 Å². The number of anilines is 1. The van der Waals surface area contributed by atoms with Gasteiger partial charge in [0.05, 0.1) is 11.3 Å². The standard InChI is InChI=1S/C14H14N4OS3/c1-8-2-3-9-10(5-15)13(22-11(9)4-8)17-12(19)6-20-14-18-16-7-21-14/h7-8H,2-4,6H2,1H3,(H,17,19)/t8-/m0/s1. The van der Waals surface area contributed by atoms with Crippen LogP contribution in [0.4, 0.5) is 5.00 Å². The summed E-state index contributed by atoms with van der Waals surface area (Å²) in [5, 5.41) is 20.6. The summed E-state index contributed by atoms with van der Waals surface area (Å²) in [6.07, 6.45) is 3.05. The molecular formula is C14H14N4OS3. The minimum atomic E-state index is -0.108. The Balaban J connectivity index is 1.69. The number of thiophene rings is 1. The van der Waals surface area contributed by atoms with Gasteiger partial charge in [0, 0.05) is 4.88 Å². The molecule has 1 aliphatic carbocycles. The Bertz CT molecular complexity index is 717. The SMILES string of the molecule is C[C@H]1CCc2c(sc(NC(=O)CSc3nncs3)c2C#N)C1. The number of nitriles is 1. The Morgan fingerprint density at radius 2 is 2.50 bits per heavy atom. The fourth-order valence-electron chi connectivity index (χ4n) is 2.47. The summed E-state index contributed by atoms with van der Waals surface area (Å²) in [6, 6.07) is 2.26. The third-order valence-corrected chi connectivity index (χ3v) is 6.57. The summed E-state index contributed by atoms with van der Waals surface area (Å²) in [5.74, 6) is 0.816. The average Bonchev–Trinajstić information content (AvgIpc) is 3.11. The van der Waals surface area contributed by atoms with Crippen molar-refractivity contribution in [2.24, 2.45) is 5.92 Å². The van der Waals surface area contributed by atoms with Gasteiger partial charge in [-0.1, -0.05) is 30.0 Å². The molecule has 0 unspecified atom stereocenters. The fourth-order valence-corrected chi connectivity index (χ4v) is 5.14. The molecule has 0 saturated heterocycles. The van der Waals surface area contributed by atoms with Crippen molar-refractivity contribution >= 4 is 45.3 Å². The van der Waals surface area contributed by atoms with Crippen molar-refractivity contribution in [1.29, 1.82) is 5.26 Å². The molecule has 2 aromatic heterocycles. The lowest BCUT2D eigenvalue weighted by molar-refractivity contribution is -0.113. The van der Waals surface area contributed by atoms with Gasteiger partial charge in [0.1, 0.15) is 16.6 Å². The molecule has 0 bridgehead atoms. The van der Waals surface area contributed by atoms with Crippen molar-refractivity contribution in [3.05, 3.63) is 21.5 Å². The first-order valence-electron chi connectivity index (χ1n) is 6.90. The van der Waals surface area contributed by atoms with Crippen LogP contribution in [0.5, 0.6) is 0 Å². The third kappa shape index (κ3) is 3.32. The van der Waals surface area contributed by atoms with E-state index in [-0.39, 0.29) is 11.7 Å². The number of nitrogens with one attached hydrogen (secondary N) is 1. The third-order valence-electron chi connectivity index (χ3n) is 3.54. The highest BCUT2D eigenvalue weighted by Crippen LogP contribution is 2.39. The number of carbonyl (C=O) groups is 1. The van der Waals surface area contributed by atoms with Crippen molar-refractivity contribution in [2.75, 3.05) is 11.1 Å². The number of thioether (sulfide) groups is 1. The van der Waals surface area contributed by atoms with Crippen LogP contribution in [-0.2, 0) is 17.6 Å². The summed E-state index contributed by atoms with van der Waals surface area (Å²) in [4.78, 5) is 13.3. The van der Waals surface area contributed by atoms with Gasteiger partial charge in [-0.05, 0) is 30.7 Å². The van der Waals surface area contributed by atoms with Gasteiger partial charge in [0.15, 0.2) is 4.34 Å². The molecule has 0 aromatic carbocycles. The lowest BCUT2D eigenvalue weighted by Gasteiger charge is -2.17. The van der Waals surface area contributed by atoms with Crippen LogP contribution in [0.1, 0.15) is 29.3 Å². The van der Waals surface area contributed by atoms with E-state index in [9.17, 15) is 10.1 Å². The zero-order valence-electron chi connectivity index (χ0n) is 12.0. The average molecular weight is 350 g/mol. The normalized spacial score (nSPS) is 16.8. The molecule has 114 valence electrons. The Hall–Kier alpha value is -1.43. The molecule has 5 nitrogen and oxygen atoms in total. The van der Waals surface area contributed by atoms with Crippen LogP contribution in [0, 0.1) is 17.2 Å². The van der Waals surface area contributed by atoms with E-state index >= 15 is 0 Å². The number of carbonyl (C=O) groups excluding carboxylic acids is 1. The monoisotopic (exact) mass is 350 g/mol. The first-order chi connectivity index (χ1) is 10.7. The van der Waals surface area contributed by atoms with Crippen LogP contribution in [0.15, 0.2) is 9.85 Å². The van der Waals surface area contributed by atoms with E-state index in [0.29, 0.717) is 16.5 Å². The second-order valence-electron chi connectivity index (χ2n) is 5.21. The number of aromatic nitrogens is 2. The Morgan fingerprint density at radius 3 is 3.23 bits per heavy atom. The first kappa shape index (κ1) is 15.5. The maximum Gasteiger partial charge on any atom is 0.235 e. The molecule has 22 heavy (non-hydrogen) atoms. The molecule has 2 heterocycles. The minimum Gasteiger partial charge on any atom is -0.316 e. The summed E-state index contributed by atoms with van der Waals surface area (Å²) < 4.78 is 0.773. The smallest absolute Gasteiger partial charge is 0.235 e. The van der Waals surface area contributed by atoms with Gasteiger partial charge >= 0.3 is 0 Å². The van der Waals surface area contributed by atoms with Crippen LogP contribution < -0.4 is 5.32 Å². The first-order valence-corrected chi connectivity index (χ1v) is 9.59. The van der Waals surface area contributed by atoms with Crippen molar-refractivity contribution < 1.29 is 4.79 Å². The molecule has 2 aromatic rings. The van der Waals surface area contributed by atoms with Gasteiger partial charge in [-0.15, -0.1) is 21.5 Å². The van der Waals surface area contributed by atoms with Gasteiger partial charge in [-0.2, -0.15) is 5.26 Å². The zero-order chi connectivity index (χ0) is 15.5. The quantitative estimate of drug-likeness (QED) is 0.856. The molecule has 1 atom stereocenters. The topological polar surface area (TPSA) is 78.7 Å². The fraction of sp³-hybridized carbons (Fsp3) is 0.429. The lowest BCUT2D eigenvalue weighted by Crippen LogP contribution is -2.14. The number of nitrogens with zero attached hydrogens (tertiary/aromatic N) is 3. The van der Waals surface area contributed by atoms with Gasteiger partial charge < -0.3 is 5.32 Å². The van der Waals surface area contributed by atoms with Gasteiger partial charge in [-0.3, -0.25) is 4.79 Å². The predicted octanol–water partition coefficient (Wildman–Crippen LogP) is 3.33. The summed E-state index contributed by atoms with van der Waals surface area (Å²) in [5.41, 5.74) is 3.43. The molecule has 0 aliphatic heterocycles. The molecular weight excluding hydrogens is 336 g/mol. The van der Waals surface area contributed by atoms with Crippen LogP contribution >= 0.6 is 34.4 Å². The van der Waals surface area contributed by atoms with Crippen LogP contribution in [0.2, 0.25) is 0 Å². The highest BCUT2D eigenvalue weighted by Gasteiger charge is 2.24. The van der Waals surface area contributed by atoms with Gasteiger partial charge in [0.25, 0.3) is 0 Å². The molecule has 0 fully saturated rings. The van der Waals surface area contributed by atoms with Crippen molar-refractivity contribution in [3.63, 3.8) is 0 Å². The number of hydrogen-bond donors (Lipinski definition) is 1. The van der Waals surface area contributed by atoms with Gasteiger partial charge in [-0.25, -0.2) is 0 Å². The maximum absolute atomic E-state index is 12.1. The predicted molar refractivity (Wildman–Crippen MR) is 89.5 cm³/mol. The number of fused-ring (bicyclic) bond motifs is 1. The number of hydrogen-bond acceptors (Lipinski definition) is 7. The molecule has 0 radical (unpaired) electrons. The maximum atomic E-state index is 12.1. The molecule has 3 rings (SSSR count).